The van der Waals surface area contributed by atoms with E-state index in [2.05, 4.69) is 22.2 Å². The number of rotatable bonds is 6. The predicted molar refractivity (Wildman–Crippen MR) is 64.7 cm³/mol. The minimum Gasteiger partial charge on any atom is -0.370 e. The van der Waals surface area contributed by atoms with Crippen molar-refractivity contribution in [1.29, 1.82) is 0 Å². The van der Waals surface area contributed by atoms with Gasteiger partial charge in [-0.3, -0.25) is 0 Å². The van der Waals surface area contributed by atoms with E-state index in [-0.39, 0.29) is 5.82 Å². The maximum atomic E-state index is 12.5. The summed E-state index contributed by atoms with van der Waals surface area (Å²) in [5.41, 5.74) is -1.03. The fourth-order valence-corrected chi connectivity index (χ4v) is 1.60. The summed E-state index contributed by atoms with van der Waals surface area (Å²) in [4.78, 5) is 6.86. The van der Waals surface area contributed by atoms with Gasteiger partial charge in [-0.15, -0.1) is 0 Å². The van der Waals surface area contributed by atoms with E-state index in [4.69, 9.17) is 11.6 Å². The molecule has 0 fully saturated rings. The molecule has 0 aliphatic carbocycles. The van der Waals surface area contributed by atoms with Crippen molar-refractivity contribution >= 4 is 17.4 Å². The van der Waals surface area contributed by atoms with E-state index in [9.17, 15) is 13.2 Å². The van der Waals surface area contributed by atoms with Gasteiger partial charge in [0.25, 0.3) is 0 Å². The molecule has 0 aromatic carbocycles. The van der Waals surface area contributed by atoms with Crippen LogP contribution in [0.2, 0.25) is 5.28 Å². The third-order valence-electron chi connectivity index (χ3n) is 2.33. The Balaban J connectivity index is 2.58. The fourth-order valence-electron chi connectivity index (χ4n) is 1.42. The molecule has 0 aliphatic rings. The molecule has 1 rings (SSSR count). The third kappa shape index (κ3) is 5.08. The molecule has 102 valence electrons. The van der Waals surface area contributed by atoms with Crippen molar-refractivity contribution < 1.29 is 13.2 Å². The van der Waals surface area contributed by atoms with Gasteiger partial charge in [-0.05, 0) is 18.0 Å². The van der Waals surface area contributed by atoms with Gasteiger partial charge in [-0.1, -0.05) is 26.2 Å². The molecule has 1 N–H and O–H groups in total. The molecule has 1 heterocycles. The highest BCUT2D eigenvalue weighted by molar-refractivity contribution is 6.28. The monoisotopic (exact) mass is 281 g/mol. The van der Waals surface area contributed by atoms with Crippen LogP contribution in [0.15, 0.2) is 6.07 Å². The van der Waals surface area contributed by atoms with Crippen molar-refractivity contribution in [2.24, 2.45) is 0 Å². The molecule has 0 unspecified atom stereocenters. The van der Waals surface area contributed by atoms with Crippen LogP contribution in [0.1, 0.15) is 38.3 Å². The lowest BCUT2D eigenvalue weighted by molar-refractivity contribution is -0.141. The molecule has 18 heavy (non-hydrogen) atoms. The Morgan fingerprint density at radius 3 is 2.56 bits per heavy atom. The number of nitrogens with one attached hydrogen (secondary N) is 1. The van der Waals surface area contributed by atoms with Crippen molar-refractivity contribution in [3.05, 3.63) is 17.0 Å². The van der Waals surface area contributed by atoms with Gasteiger partial charge in [0.2, 0.25) is 5.28 Å². The smallest absolute Gasteiger partial charge is 0.370 e. The van der Waals surface area contributed by atoms with E-state index in [1.807, 2.05) is 0 Å². The second kappa shape index (κ2) is 6.78. The van der Waals surface area contributed by atoms with E-state index < -0.39 is 17.2 Å². The average Bonchev–Trinajstić information content (AvgIpc) is 2.27. The van der Waals surface area contributed by atoms with Crippen LogP contribution >= 0.6 is 11.6 Å². The van der Waals surface area contributed by atoms with Crippen molar-refractivity contribution in [3.8, 4) is 0 Å². The molecule has 0 atom stereocenters. The number of nitrogens with zero attached hydrogens (tertiary/aromatic N) is 2. The number of hydrogen-bond donors (Lipinski definition) is 1. The van der Waals surface area contributed by atoms with Crippen LogP contribution < -0.4 is 5.32 Å². The molecule has 0 amide bonds. The van der Waals surface area contributed by atoms with Crippen LogP contribution in [0.4, 0.5) is 19.0 Å². The number of unbranched alkanes of at least 4 members (excludes halogenated alkanes) is 3. The fraction of sp³-hybridized carbons (Fsp3) is 0.636. The largest absolute Gasteiger partial charge is 0.433 e. The molecule has 7 heteroatoms. The van der Waals surface area contributed by atoms with Crippen LogP contribution in [0.3, 0.4) is 0 Å². The van der Waals surface area contributed by atoms with Crippen LogP contribution in [-0.2, 0) is 6.18 Å². The molecule has 3 nitrogen and oxygen atoms in total. The van der Waals surface area contributed by atoms with E-state index in [0.29, 0.717) is 6.54 Å². The topological polar surface area (TPSA) is 37.8 Å². The highest BCUT2D eigenvalue weighted by Gasteiger charge is 2.33. The van der Waals surface area contributed by atoms with Gasteiger partial charge in [0.1, 0.15) is 5.82 Å². The third-order valence-corrected chi connectivity index (χ3v) is 2.49. The Morgan fingerprint density at radius 2 is 1.94 bits per heavy atom. The van der Waals surface area contributed by atoms with E-state index in [1.54, 1.807) is 0 Å². The number of aromatic nitrogens is 2. The minimum atomic E-state index is -4.51. The normalized spacial score (nSPS) is 11.6. The van der Waals surface area contributed by atoms with Crippen LogP contribution in [-0.4, -0.2) is 16.5 Å². The van der Waals surface area contributed by atoms with Crippen molar-refractivity contribution in [2.75, 3.05) is 11.9 Å². The lowest BCUT2D eigenvalue weighted by atomic mass is 10.2. The van der Waals surface area contributed by atoms with Crippen LogP contribution in [0.25, 0.3) is 0 Å². The number of anilines is 1. The Morgan fingerprint density at radius 1 is 1.22 bits per heavy atom. The van der Waals surface area contributed by atoms with Gasteiger partial charge in [0.15, 0.2) is 5.69 Å². The summed E-state index contributed by atoms with van der Waals surface area (Å²) in [6.07, 6.45) is -0.367. The average molecular weight is 282 g/mol. The first-order chi connectivity index (χ1) is 8.43. The molecule has 0 radical (unpaired) electrons. The van der Waals surface area contributed by atoms with Gasteiger partial charge in [0, 0.05) is 12.6 Å². The zero-order chi connectivity index (χ0) is 13.6. The van der Waals surface area contributed by atoms with Crippen molar-refractivity contribution in [2.45, 2.75) is 38.8 Å². The number of hydrogen-bond acceptors (Lipinski definition) is 3. The molecule has 0 saturated carbocycles. The SMILES string of the molecule is CCCCCCNc1cc(C(F)(F)F)nc(Cl)n1. The minimum absolute atomic E-state index is 0.110. The van der Waals surface area contributed by atoms with E-state index >= 15 is 0 Å². The Labute approximate surface area is 109 Å². The lowest BCUT2D eigenvalue weighted by Gasteiger charge is -2.09. The zero-order valence-electron chi connectivity index (χ0n) is 10.0. The summed E-state index contributed by atoms with van der Waals surface area (Å²) in [5, 5.41) is 2.42. The van der Waals surface area contributed by atoms with Gasteiger partial charge < -0.3 is 5.32 Å². The first kappa shape index (κ1) is 15.0. The van der Waals surface area contributed by atoms with Crippen molar-refractivity contribution in [1.82, 2.24) is 9.97 Å². The number of halogens is 4. The summed E-state index contributed by atoms with van der Waals surface area (Å²) >= 11 is 5.46. The summed E-state index contributed by atoms with van der Waals surface area (Å²) in [6, 6.07) is 0.867. The maximum absolute atomic E-state index is 12.5. The first-order valence-electron chi connectivity index (χ1n) is 5.79. The molecule has 1 aromatic heterocycles. The van der Waals surface area contributed by atoms with Gasteiger partial charge >= 0.3 is 6.18 Å². The Kier molecular flexibility index (Phi) is 5.65. The molecular weight excluding hydrogens is 267 g/mol. The number of alkyl halides is 3. The molecule has 0 spiro atoms. The standard InChI is InChI=1S/C11H15ClF3N3/c1-2-3-4-5-6-16-9-7-8(11(13,14)15)17-10(12)18-9/h7H,2-6H2,1H3,(H,16,17,18). The second-order valence-electron chi connectivity index (χ2n) is 3.89. The molecule has 0 aliphatic heterocycles. The zero-order valence-corrected chi connectivity index (χ0v) is 10.8. The summed E-state index contributed by atoms with van der Waals surface area (Å²) in [7, 11) is 0. The van der Waals surface area contributed by atoms with Gasteiger partial charge in [-0.25, -0.2) is 9.97 Å². The predicted octanol–water partition coefficient (Wildman–Crippen LogP) is 4.14. The van der Waals surface area contributed by atoms with E-state index in [0.717, 1.165) is 31.7 Å². The molecule has 0 bridgehead atoms. The molecule has 0 saturated heterocycles. The van der Waals surface area contributed by atoms with Gasteiger partial charge in [-0.2, -0.15) is 13.2 Å². The summed E-state index contributed by atoms with van der Waals surface area (Å²) in [5.74, 6) is 0.110. The summed E-state index contributed by atoms with van der Waals surface area (Å²) in [6.45, 7) is 2.66. The quantitative estimate of drug-likeness (QED) is 0.629. The highest BCUT2D eigenvalue weighted by Crippen LogP contribution is 2.29. The van der Waals surface area contributed by atoms with E-state index in [1.165, 1.54) is 0 Å². The molecular formula is C11H15ClF3N3. The lowest BCUT2D eigenvalue weighted by Crippen LogP contribution is -2.11. The van der Waals surface area contributed by atoms with Gasteiger partial charge in [0.05, 0.1) is 0 Å². The Bertz CT molecular complexity index is 382. The van der Waals surface area contributed by atoms with Crippen LogP contribution in [0.5, 0.6) is 0 Å². The highest BCUT2D eigenvalue weighted by atomic mass is 35.5. The van der Waals surface area contributed by atoms with Crippen LogP contribution in [0, 0.1) is 0 Å². The maximum Gasteiger partial charge on any atom is 0.433 e. The van der Waals surface area contributed by atoms with Crippen molar-refractivity contribution in [3.63, 3.8) is 0 Å². The Hall–Kier alpha value is -1.04. The first-order valence-corrected chi connectivity index (χ1v) is 6.17. The molecule has 1 aromatic rings. The second-order valence-corrected chi connectivity index (χ2v) is 4.23. The summed E-state index contributed by atoms with van der Waals surface area (Å²) < 4.78 is 37.4.